The maximum atomic E-state index is 13.6. The molecule has 0 aliphatic carbocycles. The van der Waals surface area contributed by atoms with Gasteiger partial charge in [-0.25, -0.2) is 4.39 Å². The predicted octanol–water partition coefficient (Wildman–Crippen LogP) is 4.23. The molecule has 0 atom stereocenters. The molecule has 2 nitrogen and oxygen atoms in total. The number of benzene rings is 1. The van der Waals surface area contributed by atoms with Crippen LogP contribution >= 0.6 is 0 Å². The number of hydrogen-bond acceptors (Lipinski definition) is 2. The van der Waals surface area contributed by atoms with Gasteiger partial charge >= 0.3 is 0 Å². The van der Waals surface area contributed by atoms with Crippen molar-refractivity contribution in [3.05, 3.63) is 29.6 Å². The van der Waals surface area contributed by atoms with Gasteiger partial charge in [0.15, 0.2) is 5.78 Å². The van der Waals surface area contributed by atoms with E-state index in [0.29, 0.717) is 24.7 Å². The molecule has 0 bridgehead atoms. The highest BCUT2D eigenvalue weighted by Crippen LogP contribution is 2.19. The third kappa shape index (κ3) is 4.47. The van der Waals surface area contributed by atoms with E-state index in [1.54, 1.807) is 6.07 Å². The number of carbonyl (C=O) groups is 1. The van der Waals surface area contributed by atoms with E-state index in [4.69, 9.17) is 4.74 Å². The van der Waals surface area contributed by atoms with Crippen molar-refractivity contribution in [3.8, 4) is 5.75 Å². The molecule has 0 fully saturated rings. The van der Waals surface area contributed by atoms with Gasteiger partial charge in [0, 0.05) is 6.42 Å². The molecule has 1 rings (SSSR count). The van der Waals surface area contributed by atoms with E-state index in [9.17, 15) is 9.18 Å². The summed E-state index contributed by atoms with van der Waals surface area (Å²) in [6.45, 7) is 6.65. The number of ketones is 1. The van der Waals surface area contributed by atoms with Crippen LogP contribution in [0.5, 0.6) is 5.75 Å². The zero-order valence-electron chi connectivity index (χ0n) is 11.3. The maximum absolute atomic E-state index is 13.6. The third-order valence-electron chi connectivity index (χ3n) is 2.58. The molecule has 100 valence electrons. The lowest BCUT2D eigenvalue weighted by atomic mass is 10.0. The minimum absolute atomic E-state index is 0.143. The van der Waals surface area contributed by atoms with Crippen LogP contribution in [0.1, 0.15) is 50.4 Å². The summed E-state index contributed by atoms with van der Waals surface area (Å²) in [6.07, 6.45) is 2.10. The van der Waals surface area contributed by atoms with E-state index < -0.39 is 5.82 Å². The van der Waals surface area contributed by atoms with E-state index in [1.165, 1.54) is 12.1 Å². The number of rotatable bonds is 7. The van der Waals surface area contributed by atoms with Crippen LogP contribution in [0.15, 0.2) is 18.2 Å². The van der Waals surface area contributed by atoms with Crippen molar-refractivity contribution in [2.75, 3.05) is 6.61 Å². The summed E-state index contributed by atoms with van der Waals surface area (Å²) in [5, 5.41) is 0. The second-order valence-electron chi connectivity index (χ2n) is 4.87. The minimum atomic E-state index is -0.465. The van der Waals surface area contributed by atoms with E-state index >= 15 is 0 Å². The Labute approximate surface area is 108 Å². The Balaban J connectivity index is 2.77. The van der Waals surface area contributed by atoms with Gasteiger partial charge < -0.3 is 4.74 Å². The van der Waals surface area contributed by atoms with Crippen molar-refractivity contribution in [1.82, 2.24) is 0 Å². The monoisotopic (exact) mass is 252 g/mol. The quantitative estimate of drug-likeness (QED) is 0.679. The number of unbranched alkanes of at least 4 members (excludes halogenated alkanes) is 1. The SMILES string of the molecule is CCCCC(=O)c1cc(OCC(C)C)ccc1F. The van der Waals surface area contributed by atoms with Crippen LogP contribution in [-0.2, 0) is 0 Å². The standard InChI is InChI=1S/C15H21FO2/c1-4-5-6-15(17)13-9-12(7-8-14(13)16)18-10-11(2)3/h7-9,11H,4-6,10H2,1-3H3. The lowest BCUT2D eigenvalue weighted by molar-refractivity contribution is 0.0975. The number of ether oxygens (including phenoxy) is 1. The summed E-state index contributed by atoms with van der Waals surface area (Å²) in [7, 11) is 0. The van der Waals surface area contributed by atoms with E-state index in [0.717, 1.165) is 12.8 Å². The third-order valence-corrected chi connectivity index (χ3v) is 2.58. The van der Waals surface area contributed by atoms with Crippen molar-refractivity contribution < 1.29 is 13.9 Å². The van der Waals surface area contributed by atoms with Crippen LogP contribution in [0.4, 0.5) is 4.39 Å². The number of carbonyl (C=O) groups excluding carboxylic acids is 1. The average Bonchev–Trinajstić information content (AvgIpc) is 2.34. The van der Waals surface area contributed by atoms with Crippen molar-refractivity contribution in [3.63, 3.8) is 0 Å². The summed E-state index contributed by atoms with van der Waals surface area (Å²) >= 11 is 0. The van der Waals surface area contributed by atoms with Crippen molar-refractivity contribution in [2.24, 2.45) is 5.92 Å². The van der Waals surface area contributed by atoms with Crippen molar-refractivity contribution in [1.29, 1.82) is 0 Å². The summed E-state index contributed by atoms with van der Waals surface area (Å²) < 4.78 is 19.1. The summed E-state index contributed by atoms with van der Waals surface area (Å²) in [4.78, 5) is 11.8. The first kappa shape index (κ1) is 14.7. The Morgan fingerprint density at radius 3 is 2.72 bits per heavy atom. The van der Waals surface area contributed by atoms with Gasteiger partial charge in [0.1, 0.15) is 11.6 Å². The Morgan fingerprint density at radius 1 is 1.39 bits per heavy atom. The van der Waals surface area contributed by atoms with E-state index in [2.05, 4.69) is 0 Å². The van der Waals surface area contributed by atoms with Crippen LogP contribution in [0.3, 0.4) is 0 Å². The number of halogens is 1. The normalized spacial score (nSPS) is 10.7. The van der Waals surface area contributed by atoms with E-state index in [1.807, 2.05) is 20.8 Å². The highest BCUT2D eigenvalue weighted by molar-refractivity contribution is 5.96. The molecule has 1 aromatic rings. The summed E-state index contributed by atoms with van der Waals surface area (Å²) in [5.74, 6) is 0.344. The second-order valence-corrected chi connectivity index (χ2v) is 4.87. The summed E-state index contributed by atoms with van der Waals surface area (Å²) in [6, 6.07) is 4.37. The first-order chi connectivity index (χ1) is 8.54. The molecule has 0 aromatic heterocycles. The van der Waals surface area contributed by atoms with Crippen LogP contribution < -0.4 is 4.74 Å². The largest absolute Gasteiger partial charge is 0.493 e. The fraction of sp³-hybridized carbons (Fsp3) is 0.533. The van der Waals surface area contributed by atoms with Gasteiger partial charge in [-0.1, -0.05) is 27.2 Å². The zero-order valence-corrected chi connectivity index (χ0v) is 11.3. The Hall–Kier alpha value is -1.38. The van der Waals surface area contributed by atoms with Crippen molar-refractivity contribution in [2.45, 2.75) is 40.0 Å². The fourth-order valence-electron chi connectivity index (χ4n) is 1.54. The molecular weight excluding hydrogens is 231 g/mol. The number of Topliss-reactive ketones (excluding diaryl/α,β-unsaturated/α-hetero) is 1. The van der Waals surface area contributed by atoms with Gasteiger partial charge in [0.25, 0.3) is 0 Å². The molecule has 0 N–H and O–H groups in total. The fourth-order valence-corrected chi connectivity index (χ4v) is 1.54. The Morgan fingerprint density at radius 2 is 2.11 bits per heavy atom. The lowest BCUT2D eigenvalue weighted by Gasteiger charge is -2.10. The molecule has 0 unspecified atom stereocenters. The van der Waals surface area contributed by atoms with Gasteiger partial charge in [0.05, 0.1) is 12.2 Å². The Bertz CT molecular complexity index is 399. The van der Waals surface area contributed by atoms with Gasteiger partial charge in [-0.05, 0) is 30.5 Å². The highest BCUT2D eigenvalue weighted by Gasteiger charge is 2.12. The Kier molecular flexibility index (Phi) is 5.83. The second kappa shape index (κ2) is 7.14. The maximum Gasteiger partial charge on any atom is 0.165 e. The van der Waals surface area contributed by atoms with Gasteiger partial charge in [0.2, 0.25) is 0 Å². The topological polar surface area (TPSA) is 26.3 Å². The van der Waals surface area contributed by atoms with Crippen LogP contribution in [0, 0.1) is 11.7 Å². The molecule has 3 heteroatoms. The summed E-state index contributed by atoms with van der Waals surface area (Å²) in [5.41, 5.74) is 0.143. The molecule has 0 amide bonds. The molecule has 0 saturated heterocycles. The minimum Gasteiger partial charge on any atom is -0.493 e. The predicted molar refractivity (Wildman–Crippen MR) is 70.6 cm³/mol. The molecule has 1 aromatic carbocycles. The smallest absolute Gasteiger partial charge is 0.165 e. The molecule has 0 spiro atoms. The molecule has 0 aliphatic heterocycles. The van der Waals surface area contributed by atoms with Crippen LogP contribution in [0.2, 0.25) is 0 Å². The average molecular weight is 252 g/mol. The molecular formula is C15H21FO2. The molecule has 18 heavy (non-hydrogen) atoms. The first-order valence-corrected chi connectivity index (χ1v) is 6.50. The van der Waals surface area contributed by atoms with Crippen LogP contribution in [-0.4, -0.2) is 12.4 Å². The van der Waals surface area contributed by atoms with E-state index in [-0.39, 0.29) is 11.3 Å². The van der Waals surface area contributed by atoms with Gasteiger partial charge in [-0.3, -0.25) is 4.79 Å². The van der Waals surface area contributed by atoms with Crippen LogP contribution in [0.25, 0.3) is 0 Å². The first-order valence-electron chi connectivity index (χ1n) is 6.50. The zero-order chi connectivity index (χ0) is 13.5. The molecule has 0 aliphatic rings. The molecule has 0 saturated carbocycles. The van der Waals surface area contributed by atoms with Crippen molar-refractivity contribution >= 4 is 5.78 Å². The molecule has 0 radical (unpaired) electrons. The molecule has 0 heterocycles. The van der Waals surface area contributed by atoms with Gasteiger partial charge in [-0.2, -0.15) is 0 Å². The van der Waals surface area contributed by atoms with Gasteiger partial charge in [-0.15, -0.1) is 0 Å². The number of hydrogen-bond donors (Lipinski definition) is 0. The highest BCUT2D eigenvalue weighted by atomic mass is 19.1. The lowest BCUT2D eigenvalue weighted by Crippen LogP contribution is -2.07.